The lowest BCUT2D eigenvalue weighted by Gasteiger charge is -2.34. The zero-order valence-electron chi connectivity index (χ0n) is 21.5. The van der Waals surface area contributed by atoms with Crippen LogP contribution < -0.4 is 4.90 Å². The van der Waals surface area contributed by atoms with Crippen LogP contribution in [0.15, 0.2) is 42.5 Å². The van der Waals surface area contributed by atoms with Crippen molar-refractivity contribution in [3.05, 3.63) is 59.4 Å². The fraction of sp³-hybridized carbons (Fsp3) is 0.483. The number of rotatable bonds is 4. The Morgan fingerprint density at radius 1 is 1.03 bits per heavy atom. The normalized spacial score (nSPS) is 22.3. The number of aliphatic carboxylic acids is 1. The van der Waals surface area contributed by atoms with E-state index in [-0.39, 0.29) is 29.5 Å². The number of methoxy groups -OCH3 is 1. The lowest BCUT2D eigenvalue weighted by atomic mass is 9.82. The summed E-state index contributed by atoms with van der Waals surface area (Å²) in [4.78, 5) is 31.3. The third kappa shape index (κ3) is 3.94. The van der Waals surface area contributed by atoms with Crippen LogP contribution in [0.4, 0.5) is 10.5 Å². The Balaban J connectivity index is 1.69. The molecule has 1 aliphatic carbocycles. The van der Waals surface area contributed by atoms with Crippen molar-refractivity contribution < 1.29 is 19.4 Å². The molecule has 3 aromatic rings. The van der Waals surface area contributed by atoms with E-state index in [9.17, 15) is 14.7 Å². The Labute approximate surface area is 212 Å². The third-order valence-corrected chi connectivity index (χ3v) is 8.29. The van der Waals surface area contributed by atoms with Gasteiger partial charge in [0.15, 0.2) is 0 Å². The average Bonchev–Trinajstić information content (AvgIpc) is 3.29. The molecule has 1 aliphatic heterocycles. The van der Waals surface area contributed by atoms with E-state index in [0.717, 1.165) is 53.8 Å². The Morgan fingerprint density at radius 2 is 1.72 bits per heavy atom. The van der Waals surface area contributed by atoms with Gasteiger partial charge in [-0.25, -0.2) is 9.78 Å². The summed E-state index contributed by atoms with van der Waals surface area (Å²) in [5, 5.41) is 9.54. The van der Waals surface area contributed by atoms with E-state index in [0.29, 0.717) is 12.8 Å². The quantitative estimate of drug-likeness (QED) is 0.480. The van der Waals surface area contributed by atoms with Gasteiger partial charge in [-0.05, 0) is 77.0 Å². The van der Waals surface area contributed by atoms with Crippen LogP contribution >= 0.6 is 0 Å². The minimum absolute atomic E-state index is 0.0519. The number of carboxylic acid groups (broad SMARTS) is 1. The number of nitrogens with zero attached hydrogens (tertiary/aromatic N) is 3. The van der Waals surface area contributed by atoms with Crippen molar-refractivity contribution in [2.45, 2.75) is 76.8 Å². The highest BCUT2D eigenvalue weighted by Gasteiger charge is 2.37. The van der Waals surface area contributed by atoms with Crippen LogP contribution in [0, 0.1) is 5.92 Å². The largest absolute Gasteiger partial charge is 0.481 e. The summed E-state index contributed by atoms with van der Waals surface area (Å²) < 4.78 is 7.48. The maximum Gasteiger partial charge on any atom is 0.414 e. The molecule has 1 amide bonds. The van der Waals surface area contributed by atoms with Crippen molar-refractivity contribution >= 4 is 28.8 Å². The van der Waals surface area contributed by atoms with E-state index in [2.05, 4.69) is 48.7 Å². The van der Waals surface area contributed by atoms with Crippen molar-refractivity contribution in [3.8, 4) is 0 Å². The molecule has 2 aromatic carbocycles. The summed E-state index contributed by atoms with van der Waals surface area (Å²) in [6.45, 7) is 6.46. The second kappa shape index (κ2) is 9.26. The minimum Gasteiger partial charge on any atom is -0.481 e. The fourth-order valence-corrected chi connectivity index (χ4v) is 6.15. The highest BCUT2D eigenvalue weighted by Crippen LogP contribution is 2.43. The SMILES string of the molecule is COC(=O)N1c2ccc3c(nc(C(C)(C)c4ccccc4)n3C3CCC(C(=O)O)CC3)c2CCC1C. The van der Waals surface area contributed by atoms with Crippen molar-refractivity contribution in [2.24, 2.45) is 5.92 Å². The van der Waals surface area contributed by atoms with Crippen LogP contribution in [-0.4, -0.2) is 39.9 Å². The van der Waals surface area contributed by atoms with Gasteiger partial charge in [-0.2, -0.15) is 0 Å². The van der Waals surface area contributed by atoms with Gasteiger partial charge in [0, 0.05) is 23.1 Å². The number of hydrogen-bond acceptors (Lipinski definition) is 4. The number of amides is 1. The second-order valence-corrected chi connectivity index (χ2v) is 10.8. The van der Waals surface area contributed by atoms with Gasteiger partial charge < -0.3 is 14.4 Å². The van der Waals surface area contributed by atoms with Gasteiger partial charge in [0.05, 0.1) is 29.7 Å². The lowest BCUT2D eigenvalue weighted by Crippen LogP contribution is -2.42. The van der Waals surface area contributed by atoms with E-state index < -0.39 is 5.97 Å². The predicted molar refractivity (Wildman–Crippen MR) is 140 cm³/mol. The van der Waals surface area contributed by atoms with Gasteiger partial charge in [-0.15, -0.1) is 0 Å². The zero-order valence-corrected chi connectivity index (χ0v) is 21.5. The molecule has 7 nitrogen and oxygen atoms in total. The Hall–Kier alpha value is -3.35. The first-order chi connectivity index (χ1) is 17.2. The predicted octanol–water partition coefficient (Wildman–Crippen LogP) is 6.09. The summed E-state index contributed by atoms with van der Waals surface area (Å²) in [6.07, 6.45) is 4.29. The molecule has 2 heterocycles. The number of imidazole rings is 1. The number of benzene rings is 2. The fourth-order valence-electron chi connectivity index (χ4n) is 6.15. The Morgan fingerprint density at radius 3 is 2.36 bits per heavy atom. The number of carbonyl (C=O) groups is 2. The molecule has 1 saturated carbocycles. The Kier molecular flexibility index (Phi) is 6.27. The van der Waals surface area contributed by atoms with Gasteiger partial charge in [-0.1, -0.05) is 30.3 Å². The molecule has 0 bridgehead atoms. The summed E-state index contributed by atoms with van der Waals surface area (Å²) in [7, 11) is 1.42. The third-order valence-electron chi connectivity index (χ3n) is 8.29. The highest BCUT2D eigenvalue weighted by atomic mass is 16.5. The van der Waals surface area contributed by atoms with Crippen molar-refractivity contribution in [3.63, 3.8) is 0 Å². The summed E-state index contributed by atoms with van der Waals surface area (Å²) >= 11 is 0. The molecule has 2 aliphatic rings. The minimum atomic E-state index is -0.695. The smallest absolute Gasteiger partial charge is 0.414 e. The van der Waals surface area contributed by atoms with E-state index >= 15 is 0 Å². The first-order valence-corrected chi connectivity index (χ1v) is 12.9. The number of fused-ring (bicyclic) bond motifs is 3. The van der Waals surface area contributed by atoms with Gasteiger partial charge >= 0.3 is 12.1 Å². The molecular formula is C29H35N3O4. The van der Waals surface area contributed by atoms with Gasteiger partial charge in [-0.3, -0.25) is 9.69 Å². The standard InChI is InChI=1S/C29H35N3O4/c1-18-10-15-22-23(31(18)28(35)36-4)16-17-24-25(22)30-27(29(2,3)20-8-6-5-7-9-20)32(24)21-13-11-19(12-14-21)26(33)34/h5-9,16-19,21H,10-15H2,1-4H3,(H,33,34). The number of carbonyl (C=O) groups excluding carboxylic acids is 1. The zero-order chi connectivity index (χ0) is 25.6. The highest BCUT2D eigenvalue weighted by molar-refractivity contribution is 5.95. The molecule has 1 aromatic heterocycles. The van der Waals surface area contributed by atoms with E-state index in [1.807, 2.05) is 19.1 Å². The first kappa shape index (κ1) is 24.3. The number of hydrogen-bond donors (Lipinski definition) is 1. The van der Waals surface area contributed by atoms with E-state index in [1.54, 1.807) is 4.90 Å². The van der Waals surface area contributed by atoms with Crippen LogP contribution in [0.2, 0.25) is 0 Å². The van der Waals surface area contributed by atoms with Crippen LogP contribution in [0.5, 0.6) is 0 Å². The number of ether oxygens (including phenoxy) is 1. The Bertz CT molecular complexity index is 1290. The molecule has 0 saturated heterocycles. The molecule has 190 valence electrons. The summed E-state index contributed by atoms with van der Waals surface area (Å²) in [5.74, 6) is 0.0171. The van der Waals surface area contributed by atoms with Crippen molar-refractivity contribution in [1.29, 1.82) is 0 Å². The van der Waals surface area contributed by atoms with Crippen LogP contribution in [0.25, 0.3) is 11.0 Å². The maximum atomic E-state index is 12.7. The van der Waals surface area contributed by atoms with Gasteiger partial charge in [0.2, 0.25) is 0 Å². The molecule has 36 heavy (non-hydrogen) atoms. The molecule has 1 fully saturated rings. The van der Waals surface area contributed by atoms with Crippen LogP contribution in [0.3, 0.4) is 0 Å². The summed E-state index contributed by atoms with van der Waals surface area (Å²) in [5.41, 5.74) is 4.77. The average molecular weight is 490 g/mol. The molecule has 5 rings (SSSR count). The maximum absolute atomic E-state index is 12.7. The number of aryl methyl sites for hydroxylation is 1. The number of carboxylic acids is 1. The lowest BCUT2D eigenvalue weighted by molar-refractivity contribution is -0.143. The van der Waals surface area contributed by atoms with Crippen molar-refractivity contribution in [2.75, 3.05) is 12.0 Å². The molecular weight excluding hydrogens is 454 g/mol. The number of anilines is 1. The van der Waals surface area contributed by atoms with Gasteiger partial charge in [0.25, 0.3) is 0 Å². The molecule has 0 radical (unpaired) electrons. The van der Waals surface area contributed by atoms with Crippen LogP contribution in [-0.2, 0) is 21.4 Å². The number of aromatic nitrogens is 2. The second-order valence-electron chi connectivity index (χ2n) is 10.8. The first-order valence-electron chi connectivity index (χ1n) is 12.9. The van der Waals surface area contributed by atoms with E-state index in [4.69, 9.17) is 9.72 Å². The van der Waals surface area contributed by atoms with Crippen molar-refractivity contribution in [1.82, 2.24) is 9.55 Å². The topological polar surface area (TPSA) is 84.7 Å². The van der Waals surface area contributed by atoms with Gasteiger partial charge in [0.1, 0.15) is 5.82 Å². The molecule has 7 heteroatoms. The molecule has 1 N–H and O–H groups in total. The molecule has 1 atom stereocenters. The molecule has 0 spiro atoms. The molecule has 1 unspecified atom stereocenters. The monoisotopic (exact) mass is 489 g/mol. The van der Waals surface area contributed by atoms with E-state index in [1.165, 1.54) is 12.7 Å². The summed E-state index contributed by atoms with van der Waals surface area (Å²) in [6, 6.07) is 14.8. The van der Waals surface area contributed by atoms with Crippen LogP contribution in [0.1, 0.15) is 75.9 Å².